The van der Waals surface area contributed by atoms with E-state index in [1.54, 1.807) is 0 Å². The Hall–Kier alpha value is -3.95. The molecule has 0 bridgehead atoms. The van der Waals surface area contributed by atoms with Gasteiger partial charge in [0, 0.05) is 11.3 Å². The first-order valence-corrected chi connectivity index (χ1v) is 11.2. The number of allylic oxidation sites excluding steroid dienone is 2. The number of aromatic nitrogens is 2. The van der Waals surface area contributed by atoms with E-state index in [-0.39, 0.29) is 16.7 Å². The lowest BCUT2D eigenvalue weighted by atomic mass is 9.89. The molecule has 7 nitrogen and oxygen atoms in total. The molecule has 2 heterocycles. The summed E-state index contributed by atoms with van der Waals surface area (Å²) >= 11 is 1.27. The first kappa shape index (κ1) is 21.9. The molecule has 34 heavy (non-hydrogen) atoms. The minimum atomic E-state index is -1.73. The number of carboxylic acid groups (broad SMARTS) is 1. The molecule has 0 fully saturated rings. The Morgan fingerprint density at radius 1 is 1.06 bits per heavy atom. The lowest BCUT2D eigenvalue weighted by molar-refractivity contribution is -0.142. The van der Waals surface area contributed by atoms with Crippen molar-refractivity contribution in [2.75, 3.05) is 5.32 Å². The molecular weight excluding hydrogens is 457 g/mol. The van der Waals surface area contributed by atoms with Crippen LogP contribution in [0.2, 0.25) is 0 Å². The highest BCUT2D eigenvalue weighted by Crippen LogP contribution is 2.45. The number of pyridine rings is 1. The van der Waals surface area contributed by atoms with Crippen LogP contribution in [-0.2, 0) is 15.0 Å². The van der Waals surface area contributed by atoms with E-state index in [2.05, 4.69) is 34.6 Å². The van der Waals surface area contributed by atoms with Crippen LogP contribution >= 0.6 is 11.3 Å². The number of hydrogen-bond donors (Lipinski definition) is 3. The first-order chi connectivity index (χ1) is 16.4. The monoisotopic (exact) mass is 475 g/mol. The van der Waals surface area contributed by atoms with Crippen LogP contribution in [0.1, 0.15) is 17.7 Å². The molecule has 170 valence electrons. The van der Waals surface area contributed by atoms with Gasteiger partial charge in [-0.15, -0.1) is 0 Å². The number of benzene rings is 2. The predicted octanol–water partition coefficient (Wildman–Crippen LogP) is 4.13. The van der Waals surface area contributed by atoms with Crippen LogP contribution in [0.3, 0.4) is 0 Å². The quantitative estimate of drug-likeness (QED) is 0.347. The van der Waals surface area contributed by atoms with Crippen LogP contribution < -0.4 is 5.32 Å². The maximum absolute atomic E-state index is 14.9. The second-order valence-electron chi connectivity index (χ2n) is 7.91. The summed E-state index contributed by atoms with van der Waals surface area (Å²) in [5.41, 5.74) is 2.68. The van der Waals surface area contributed by atoms with Crippen LogP contribution in [0.25, 0.3) is 20.9 Å². The number of carbonyl (C=O) groups excluding carboxylic acids is 1. The van der Waals surface area contributed by atoms with Gasteiger partial charge in [0.05, 0.1) is 17.5 Å². The van der Waals surface area contributed by atoms with E-state index in [9.17, 15) is 19.1 Å². The summed E-state index contributed by atoms with van der Waals surface area (Å²) in [7, 11) is 0. The van der Waals surface area contributed by atoms with Crippen molar-refractivity contribution in [1.29, 1.82) is 0 Å². The highest BCUT2D eigenvalue weighted by molar-refractivity contribution is 7.21. The smallest absolute Gasteiger partial charge is 0.306 e. The van der Waals surface area contributed by atoms with Crippen molar-refractivity contribution in [2.45, 2.75) is 17.9 Å². The third kappa shape index (κ3) is 4.07. The molecule has 1 aliphatic rings. The minimum Gasteiger partial charge on any atom is -0.481 e. The van der Waals surface area contributed by atoms with Crippen LogP contribution in [0.15, 0.2) is 72.8 Å². The van der Waals surface area contributed by atoms with Gasteiger partial charge in [-0.05, 0) is 35.9 Å². The highest BCUT2D eigenvalue weighted by Gasteiger charge is 2.39. The largest absolute Gasteiger partial charge is 0.481 e. The van der Waals surface area contributed by atoms with Crippen LogP contribution in [0.5, 0.6) is 0 Å². The summed E-state index contributed by atoms with van der Waals surface area (Å²) in [4.78, 5) is 32.5. The van der Waals surface area contributed by atoms with Gasteiger partial charge in [0.2, 0.25) is 0 Å². The third-order valence-electron chi connectivity index (χ3n) is 5.57. The molecule has 1 aliphatic carbocycles. The minimum absolute atomic E-state index is 0.0989. The van der Waals surface area contributed by atoms with Gasteiger partial charge < -0.3 is 15.5 Å². The average Bonchev–Trinajstić information content (AvgIpc) is 3.52. The van der Waals surface area contributed by atoms with E-state index in [1.165, 1.54) is 23.5 Å². The van der Waals surface area contributed by atoms with Gasteiger partial charge in [0.15, 0.2) is 0 Å². The summed E-state index contributed by atoms with van der Waals surface area (Å²) < 4.78 is 14.9. The van der Waals surface area contributed by atoms with E-state index >= 15 is 0 Å². The Morgan fingerprint density at radius 3 is 2.50 bits per heavy atom. The Morgan fingerprint density at radius 2 is 1.82 bits per heavy atom. The first-order valence-electron chi connectivity index (χ1n) is 10.4. The normalized spacial score (nSPS) is 14.6. The molecule has 0 spiro atoms. The Kier molecular flexibility index (Phi) is 5.43. The maximum Gasteiger partial charge on any atom is 0.306 e. The summed E-state index contributed by atoms with van der Waals surface area (Å²) in [6.45, 7) is 0. The standard InChI is InChI=1S/C25H18FN3O4S/c26-17-12-15(27-22(33)19(30)13-21(31)32)6-7-16(17)23-28-18-8-9-20(29-24(18)34-23)25(10-11-25)14-4-2-1-3-5-14/h1-12,19,30H,13H2,(H,27,33)(H,31,32)/t19-/m0/s1. The maximum atomic E-state index is 14.9. The number of aliphatic hydroxyl groups is 1. The highest BCUT2D eigenvalue weighted by atomic mass is 32.1. The number of fused-ring (bicyclic) bond motifs is 1. The van der Waals surface area contributed by atoms with Crippen LogP contribution in [0, 0.1) is 5.82 Å². The number of nitrogens with one attached hydrogen (secondary N) is 1. The fourth-order valence-corrected chi connectivity index (χ4v) is 4.69. The number of amides is 1. The molecule has 0 saturated heterocycles. The average molecular weight is 476 g/mol. The zero-order valence-electron chi connectivity index (χ0n) is 17.6. The lowest BCUT2D eigenvalue weighted by Gasteiger charge is -2.15. The second-order valence-corrected chi connectivity index (χ2v) is 8.88. The zero-order valence-corrected chi connectivity index (χ0v) is 18.4. The van der Waals surface area contributed by atoms with Crippen molar-refractivity contribution in [1.82, 2.24) is 9.97 Å². The molecule has 2 aromatic carbocycles. The predicted molar refractivity (Wildman–Crippen MR) is 126 cm³/mol. The molecule has 4 aromatic rings. The van der Waals surface area contributed by atoms with Gasteiger partial charge in [0.25, 0.3) is 5.91 Å². The Labute approximate surface area is 197 Å². The number of carbonyl (C=O) groups is 2. The van der Waals surface area contributed by atoms with E-state index < -0.39 is 30.2 Å². The molecule has 1 atom stereocenters. The van der Waals surface area contributed by atoms with Gasteiger partial charge in [0.1, 0.15) is 27.3 Å². The molecule has 0 radical (unpaired) electrons. The van der Waals surface area contributed by atoms with Gasteiger partial charge in [-0.2, -0.15) is 0 Å². The number of rotatable bonds is 7. The zero-order chi connectivity index (χ0) is 23.9. The molecule has 5 rings (SSSR count). The number of aliphatic carboxylic acids is 1. The number of halogens is 1. The van der Waals surface area contributed by atoms with Gasteiger partial charge in [-0.25, -0.2) is 14.4 Å². The number of nitrogens with zero attached hydrogens (tertiary/aromatic N) is 2. The molecule has 1 amide bonds. The van der Waals surface area contributed by atoms with E-state index in [1.807, 2.05) is 30.3 Å². The van der Waals surface area contributed by atoms with E-state index in [4.69, 9.17) is 10.1 Å². The number of hydrogen-bond acceptors (Lipinski definition) is 6. The molecule has 0 unspecified atom stereocenters. The number of carboxylic acids is 1. The summed E-state index contributed by atoms with van der Waals surface area (Å²) in [5.74, 6) is -2.86. The van der Waals surface area contributed by atoms with E-state index in [0.717, 1.165) is 17.3 Å². The van der Waals surface area contributed by atoms with Crippen molar-refractivity contribution < 1.29 is 24.2 Å². The lowest BCUT2D eigenvalue weighted by Crippen LogP contribution is -2.29. The van der Waals surface area contributed by atoms with Crippen LogP contribution in [0.4, 0.5) is 10.1 Å². The summed E-state index contributed by atoms with van der Waals surface area (Å²) in [6, 6.07) is 17.9. The van der Waals surface area contributed by atoms with Gasteiger partial charge in [-0.1, -0.05) is 53.8 Å². The molecule has 3 N–H and O–H groups in total. The Balaban J connectivity index is 1.39. The molecular formula is C25H18FN3O4S. The number of thiazole rings is 1. The van der Waals surface area contributed by atoms with Crippen molar-refractivity contribution in [2.24, 2.45) is 0 Å². The van der Waals surface area contributed by atoms with Crippen molar-refractivity contribution in [3.05, 3.63) is 89.9 Å². The van der Waals surface area contributed by atoms with Crippen molar-refractivity contribution in [3.8, 4) is 10.6 Å². The molecule has 0 saturated carbocycles. The van der Waals surface area contributed by atoms with Crippen molar-refractivity contribution >= 4 is 39.2 Å². The van der Waals surface area contributed by atoms with Gasteiger partial charge in [-0.3, -0.25) is 9.59 Å². The molecule has 2 aromatic heterocycles. The third-order valence-corrected chi connectivity index (χ3v) is 6.57. The fraction of sp³-hybridized carbons (Fsp3) is 0.120. The fourth-order valence-electron chi connectivity index (χ4n) is 3.72. The Bertz CT molecular complexity index is 1450. The SMILES string of the molecule is O=C(O)C[C@H](O)C(=O)Nc1ccc(-c2nc3ccc(C4(c5ccccc5)C=C4)nc3s2)c(F)c1. The molecule has 0 aliphatic heterocycles. The summed E-state index contributed by atoms with van der Waals surface area (Å²) in [6.07, 6.45) is 1.72. The van der Waals surface area contributed by atoms with Crippen LogP contribution in [-0.4, -0.2) is 38.2 Å². The van der Waals surface area contributed by atoms with Gasteiger partial charge >= 0.3 is 5.97 Å². The van der Waals surface area contributed by atoms with E-state index in [0.29, 0.717) is 15.4 Å². The second kappa shape index (κ2) is 8.44. The van der Waals surface area contributed by atoms with Crippen molar-refractivity contribution in [3.63, 3.8) is 0 Å². The number of aliphatic hydroxyl groups excluding tert-OH is 1. The number of anilines is 1. The molecule has 9 heteroatoms. The topological polar surface area (TPSA) is 112 Å². The summed E-state index contributed by atoms with van der Waals surface area (Å²) in [5, 5.41) is 21.0.